The van der Waals surface area contributed by atoms with Crippen LogP contribution in [0.25, 0.3) is 0 Å². The van der Waals surface area contributed by atoms with Crippen LogP contribution < -0.4 is 5.32 Å². The third-order valence-corrected chi connectivity index (χ3v) is 3.15. The van der Waals surface area contributed by atoms with Gasteiger partial charge < -0.3 is 5.32 Å². The molecule has 3 nitrogen and oxygen atoms in total. The van der Waals surface area contributed by atoms with E-state index in [9.17, 15) is 9.59 Å². The third-order valence-electron chi connectivity index (χ3n) is 3.15. The molecule has 1 N–H and O–H groups in total. The van der Waals surface area contributed by atoms with E-state index in [0.29, 0.717) is 0 Å². The lowest BCUT2D eigenvalue weighted by Gasteiger charge is -2.31. The minimum atomic E-state index is -0.558. The summed E-state index contributed by atoms with van der Waals surface area (Å²) < 4.78 is 0. The largest absolute Gasteiger partial charge is 0.350 e. The molecule has 2 atom stereocenters. The van der Waals surface area contributed by atoms with Gasteiger partial charge in [0.05, 0.1) is 0 Å². The van der Waals surface area contributed by atoms with Crippen molar-refractivity contribution in [1.29, 1.82) is 0 Å². The van der Waals surface area contributed by atoms with Crippen molar-refractivity contribution in [1.82, 2.24) is 5.32 Å². The smallest absolute Gasteiger partial charge is 0.231 e. The van der Waals surface area contributed by atoms with Gasteiger partial charge in [-0.05, 0) is 25.8 Å². The number of nitrogens with one attached hydrogen (secondary N) is 1. The molecule has 1 fully saturated rings. The summed E-state index contributed by atoms with van der Waals surface area (Å²) in [7, 11) is 0. The predicted octanol–water partition coefficient (Wildman–Crippen LogP) is 1.54. The van der Waals surface area contributed by atoms with Gasteiger partial charge >= 0.3 is 0 Å². The van der Waals surface area contributed by atoms with Gasteiger partial charge in [-0.1, -0.05) is 20.4 Å². The highest BCUT2D eigenvalue weighted by Crippen LogP contribution is 2.38. The number of hydrogen-bond acceptors (Lipinski definition) is 2. The molecule has 0 aromatic carbocycles. The second-order valence-corrected chi connectivity index (χ2v) is 5.06. The fourth-order valence-electron chi connectivity index (χ4n) is 2.71. The van der Waals surface area contributed by atoms with Crippen molar-refractivity contribution >= 4 is 11.7 Å². The van der Waals surface area contributed by atoms with Crippen LogP contribution in [0.5, 0.6) is 0 Å². The summed E-state index contributed by atoms with van der Waals surface area (Å²) in [6, 6.07) is 0. The summed E-state index contributed by atoms with van der Waals surface area (Å²) in [5.41, 5.74) is -0.311. The average molecular weight is 209 g/mol. The second kappa shape index (κ2) is 3.80. The number of allylic oxidation sites excluding steroid dienone is 1. The molecular formula is C12H19NO2. The molecule has 15 heavy (non-hydrogen) atoms. The molecular weight excluding hydrogens is 190 g/mol. The van der Waals surface area contributed by atoms with Gasteiger partial charge in [-0.15, -0.1) is 0 Å². The zero-order valence-corrected chi connectivity index (χ0v) is 9.83. The highest BCUT2D eigenvalue weighted by atomic mass is 16.2. The van der Waals surface area contributed by atoms with Gasteiger partial charge in [-0.25, -0.2) is 0 Å². The molecule has 1 heterocycles. The summed E-state index contributed by atoms with van der Waals surface area (Å²) in [5.74, 6) is -0.568. The SMILES string of the molecule is C=CC(=O)[C@H]1C(=O)NC(C)(C)C1C(C)C. The lowest BCUT2D eigenvalue weighted by atomic mass is 9.73. The molecule has 3 heteroatoms. The molecule has 0 aliphatic carbocycles. The molecule has 1 rings (SSSR count). The Morgan fingerprint density at radius 2 is 2.07 bits per heavy atom. The van der Waals surface area contributed by atoms with Crippen LogP contribution in [0.2, 0.25) is 0 Å². The van der Waals surface area contributed by atoms with E-state index in [1.807, 2.05) is 27.7 Å². The van der Waals surface area contributed by atoms with Crippen molar-refractivity contribution in [2.24, 2.45) is 17.8 Å². The van der Waals surface area contributed by atoms with Crippen molar-refractivity contribution in [2.45, 2.75) is 33.2 Å². The minimum absolute atomic E-state index is 0.0375. The molecule has 0 aromatic rings. The number of ketones is 1. The molecule has 0 bridgehead atoms. The van der Waals surface area contributed by atoms with Crippen molar-refractivity contribution in [3.63, 3.8) is 0 Å². The quantitative estimate of drug-likeness (QED) is 0.566. The summed E-state index contributed by atoms with van der Waals surface area (Å²) in [4.78, 5) is 23.4. The molecule has 84 valence electrons. The highest BCUT2D eigenvalue weighted by molar-refractivity contribution is 6.08. The Labute approximate surface area is 90.9 Å². The van der Waals surface area contributed by atoms with Crippen molar-refractivity contribution < 1.29 is 9.59 Å². The van der Waals surface area contributed by atoms with Crippen LogP contribution in [0.1, 0.15) is 27.7 Å². The fraction of sp³-hybridized carbons (Fsp3) is 0.667. The van der Waals surface area contributed by atoms with Crippen LogP contribution in [0.15, 0.2) is 12.7 Å². The number of amides is 1. The van der Waals surface area contributed by atoms with Crippen LogP contribution in [0.4, 0.5) is 0 Å². The van der Waals surface area contributed by atoms with Gasteiger partial charge in [0.1, 0.15) is 5.92 Å². The molecule has 1 aliphatic heterocycles. The Kier molecular flexibility index (Phi) is 3.03. The average Bonchev–Trinajstić information content (AvgIpc) is 2.33. The maximum atomic E-state index is 11.7. The molecule has 0 radical (unpaired) electrons. The number of carbonyl (C=O) groups is 2. The first-order chi connectivity index (χ1) is 6.81. The van der Waals surface area contributed by atoms with E-state index in [2.05, 4.69) is 11.9 Å². The lowest BCUT2D eigenvalue weighted by Crippen LogP contribution is -2.41. The van der Waals surface area contributed by atoms with Gasteiger partial charge in [0, 0.05) is 11.5 Å². The van der Waals surface area contributed by atoms with E-state index < -0.39 is 5.92 Å². The molecule has 1 unspecified atom stereocenters. The topological polar surface area (TPSA) is 46.2 Å². The Hall–Kier alpha value is -1.12. The molecule has 0 spiro atoms. The summed E-state index contributed by atoms with van der Waals surface area (Å²) >= 11 is 0. The van der Waals surface area contributed by atoms with Gasteiger partial charge in [0.25, 0.3) is 0 Å². The second-order valence-electron chi connectivity index (χ2n) is 5.06. The van der Waals surface area contributed by atoms with Crippen LogP contribution >= 0.6 is 0 Å². The van der Waals surface area contributed by atoms with E-state index in [1.165, 1.54) is 6.08 Å². The minimum Gasteiger partial charge on any atom is -0.350 e. The van der Waals surface area contributed by atoms with Crippen LogP contribution in [0, 0.1) is 17.8 Å². The number of carbonyl (C=O) groups excluding carboxylic acids is 2. The van der Waals surface area contributed by atoms with Crippen LogP contribution in [-0.4, -0.2) is 17.2 Å². The first-order valence-electron chi connectivity index (χ1n) is 5.29. The maximum absolute atomic E-state index is 11.7. The van der Waals surface area contributed by atoms with Gasteiger partial charge in [-0.2, -0.15) is 0 Å². The van der Waals surface area contributed by atoms with Crippen LogP contribution in [0.3, 0.4) is 0 Å². The fourth-order valence-corrected chi connectivity index (χ4v) is 2.71. The predicted molar refractivity (Wildman–Crippen MR) is 59.2 cm³/mol. The number of hydrogen-bond donors (Lipinski definition) is 1. The number of rotatable bonds is 3. The summed E-state index contributed by atoms with van der Waals surface area (Å²) in [5, 5.41) is 2.88. The van der Waals surface area contributed by atoms with Crippen LogP contribution in [-0.2, 0) is 9.59 Å². The molecule has 1 amide bonds. The zero-order valence-electron chi connectivity index (χ0n) is 9.83. The van der Waals surface area contributed by atoms with Gasteiger partial charge in [0.15, 0.2) is 5.78 Å². The Balaban J connectivity index is 3.08. The van der Waals surface area contributed by atoms with E-state index in [1.54, 1.807) is 0 Å². The molecule has 0 aromatic heterocycles. The molecule has 0 saturated carbocycles. The van der Waals surface area contributed by atoms with E-state index in [-0.39, 0.29) is 29.1 Å². The lowest BCUT2D eigenvalue weighted by molar-refractivity contribution is -0.130. The first-order valence-corrected chi connectivity index (χ1v) is 5.29. The Morgan fingerprint density at radius 1 is 1.53 bits per heavy atom. The normalized spacial score (nSPS) is 29.0. The summed E-state index contributed by atoms with van der Waals surface area (Å²) in [6.45, 7) is 11.5. The summed E-state index contributed by atoms with van der Waals surface area (Å²) in [6.07, 6.45) is 1.25. The van der Waals surface area contributed by atoms with E-state index in [4.69, 9.17) is 0 Å². The van der Waals surface area contributed by atoms with Crippen molar-refractivity contribution in [3.05, 3.63) is 12.7 Å². The van der Waals surface area contributed by atoms with E-state index >= 15 is 0 Å². The van der Waals surface area contributed by atoms with Gasteiger partial charge in [0.2, 0.25) is 5.91 Å². The molecule has 1 saturated heterocycles. The van der Waals surface area contributed by atoms with Gasteiger partial charge in [-0.3, -0.25) is 9.59 Å². The van der Waals surface area contributed by atoms with Crippen molar-refractivity contribution in [2.75, 3.05) is 0 Å². The highest BCUT2D eigenvalue weighted by Gasteiger charge is 2.50. The zero-order chi connectivity index (χ0) is 11.8. The van der Waals surface area contributed by atoms with E-state index in [0.717, 1.165) is 0 Å². The molecule has 1 aliphatic rings. The first kappa shape index (κ1) is 12.0. The Bertz CT molecular complexity index is 305. The van der Waals surface area contributed by atoms with Crippen molar-refractivity contribution in [3.8, 4) is 0 Å². The standard InChI is InChI=1S/C12H19NO2/c1-6-8(14)9-10(7(2)3)12(4,5)13-11(9)15/h6-7,9-10H,1H2,2-5H3,(H,13,15)/t9-,10?/m1/s1. The maximum Gasteiger partial charge on any atom is 0.231 e. The third kappa shape index (κ3) is 1.96. The Morgan fingerprint density at radius 3 is 2.47 bits per heavy atom. The monoisotopic (exact) mass is 209 g/mol.